The van der Waals surface area contributed by atoms with E-state index in [2.05, 4.69) is 0 Å². The Hall–Kier alpha value is 0.154. The molecule has 0 rings (SSSR count). The van der Waals surface area contributed by atoms with Crippen molar-refractivity contribution in [3.8, 4) is 0 Å². The van der Waals surface area contributed by atoms with E-state index in [4.69, 9.17) is 0 Å². The number of rotatable bonds is 3. The van der Waals surface area contributed by atoms with Gasteiger partial charge in [-0.1, -0.05) is 0 Å². The van der Waals surface area contributed by atoms with Crippen LogP contribution >= 0.6 is 0 Å². The second kappa shape index (κ2) is 3.04. The molecular weight excluding hydrogens is 180 g/mol. The Morgan fingerprint density at radius 2 is 1.00 bits per heavy atom. The van der Waals surface area contributed by atoms with E-state index in [9.17, 15) is 16.4 Å². The molecule has 0 nitrogen and oxygen atoms in total. The van der Waals surface area contributed by atoms with Crippen LogP contribution in [0.4, 0.5) is 16.4 Å². The van der Waals surface area contributed by atoms with E-state index in [0.717, 1.165) is 13.1 Å². The molecule has 0 heterocycles. The van der Waals surface area contributed by atoms with Crippen LogP contribution in [-0.4, -0.2) is 17.5 Å². The van der Waals surface area contributed by atoms with E-state index in [1.54, 1.807) is 0 Å². The van der Waals surface area contributed by atoms with Crippen LogP contribution in [0.3, 0.4) is 0 Å². The Kier molecular flexibility index (Phi) is 3.08. The predicted molar refractivity (Wildman–Crippen MR) is 37.3 cm³/mol. The summed E-state index contributed by atoms with van der Waals surface area (Å²) in [5, 5.41) is 0. The van der Waals surface area contributed by atoms with E-state index in [1.165, 1.54) is 0 Å². The van der Waals surface area contributed by atoms with Crippen molar-refractivity contribution in [1.82, 2.24) is 0 Å². The zero-order valence-electron chi connectivity index (χ0n) is 5.93. The maximum Gasteiger partial charge on any atom is 0.421 e. The van der Waals surface area contributed by atoms with Crippen LogP contribution < -0.4 is 0 Å². The zero-order valence-corrected chi connectivity index (χ0v) is 7.93. The average molecular weight is 190 g/mol. The molecule has 0 aliphatic carbocycles. The summed E-state index contributed by atoms with van der Waals surface area (Å²) in [4.78, 5) is 0. The SMILES string of the molecule is C[Si](F)(F)CC[Si](C)(F)F. The van der Waals surface area contributed by atoms with Crippen molar-refractivity contribution in [2.75, 3.05) is 0 Å². The van der Waals surface area contributed by atoms with Crippen molar-refractivity contribution in [3.05, 3.63) is 0 Å². The molecule has 62 valence electrons. The summed E-state index contributed by atoms with van der Waals surface area (Å²) in [6, 6.07) is -1.11. The molecule has 0 aromatic rings. The van der Waals surface area contributed by atoms with Gasteiger partial charge in [-0.3, -0.25) is 16.4 Å². The Labute approximate surface area is 60.0 Å². The highest BCUT2D eigenvalue weighted by Gasteiger charge is 2.35. The number of halogens is 4. The molecule has 0 aromatic carbocycles. The fraction of sp³-hybridized carbons (Fsp3) is 1.00. The first-order chi connectivity index (χ1) is 4.21. The summed E-state index contributed by atoms with van der Waals surface area (Å²) < 4.78 is 48.3. The first kappa shape index (κ1) is 10.2. The summed E-state index contributed by atoms with van der Waals surface area (Å²) in [5.74, 6) is 0. The van der Waals surface area contributed by atoms with Crippen molar-refractivity contribution in [1.29, 1.82) is 0 Å². The van der Waals surface area contributed by atoms with Crippen LogP contribution in [0.25, 0.3) is 0 Å². The van der Waals surface area contributed by atoms with Crippen LogP contribution in [0, 0.1) is 0 Å². The molecule has 0 aliphatic rings. The third-order valence-electron chi connectivity index (χ3n) is 1.00. The number of hydrogen-bond donors (Lipinski definition) is 0. The first-order valence-electron chi connectivity index (χ1n) is 2.96. The minimum Gasteiger partial charge on any atom is -0.271 e. The van der Waals surface area contributed by atoms with Gasteiger partial charge in [0.05, 0.1) is 0 Å². The van der Waals surface area contributed by atoms with Gasteiger partial charge in [-0.05, 0) is 13.1 Å². The van der Waals surface area contributed by atoms with E-state index >= 15 is 0 Å². The van der Waals surface area contributed by atoms with Crippen LogP contribution in [0.2, 0.25) is 25.2 Å². The Bertz CT molecular complexity index is 88.8. The van der Waals surface area contributed by atoms with Crippen LogP contribution in [0.5, 0.6) is 0 Å². The second-order valence-electron chi connectivity index (χ2n) is 2.64. The summed E-state index contributed by atoms with van der Waals surface area (Å²) in [7, 11) is -8.42. The minimum absolute atomic E-state index is 0.553. The van der Waals surface area contributed by atoms with Gasteiger partial charge < -0.3 is 0 Å². The van der Waals surface area contributed by atoms with Crippen molar-refractivity contribution in [3.63, 3.8) is 0 Å². The van der Waals surface area contributed by atoms with E-state index in [0.29, 0.717) is 0 Å². The molecule has 0 N–H and O–H groups in total. The summed E-state index contributed by atoms with van der Waals surface area (Å²) in [6.45, 7) is 1.60. The minimum atomic E-state index is -4.21. The van der Waals surface area contributed by atoms with Gasteiger partial charge in [-0.15, -0.1) is 0 Å². The monoisotopic (exact) mass is 190 g/mol. The lowest BCUT2D eigenvalue weighted by Crippen LogP contribution is -2.23. The van der Waals surface area contributed by atoms with Crippen LogP contribution in [0.15, 0.2) is 0 Å². The Morgan fingerprint density at radius 3 is 1.10 bits per heavy atom. The highest BCUT2D eigenvalue weighted by molar-refractivity contribution is 6.70. The van der Waals surface area contributed by atoms with Crippen LogP contribution in [-0.2, 0) is 0 Å². The summed E-state index contributed by atoms with van der Waals surface area (Å²) in [6.07, 6.45) is 0. The first-order valence-corrected chi connectivity index (χ1v) is 7.89. The van der Waals surface area contributed by atoms with Crippen LogP contribution in [0.1, 0.15) is 0 Å². The third-order valence-corrected chi connectivity index (χ3v) is 3.76. The lowest BCUT2D eigenvalue weighted by Gasteiger charge is -2.08. The lowest BCUT2D eigenvalue weighted by atomic mass is 10.9. The van der Waals surface area contributed by atoms with E-state index in [-0.39, 0.29) is 0 Å². The molecule has 0 fully saturated rings. The number of hydrogen-bond acceptors (Lipinski definition) is 0. The second-order valence-corrected chi connectivity index (χ2v) is 7.92. The zero-order chi connectivity index (χ0) is 8.41. The summed E-state index contributed by atoms with van der Waals surface area (Å²) >= 11 is 0. The molecule has 0 saturated heterocycles. The maximum absolute atomic E-state index is 12.1. The van der Waals surface area contributed by atoms with Crippen molar-refractivity contribution in [2.45, 2.75) is 25.2 Å². The Morgan fingerprint density at radius 1 is 0.800 bits per heavy atom. The molecule has 0 aliphatic heterocycles. The molecule has 0 amide bonds. The smallest absolute Gasteiger partial charge is 0.271 e. The van der Waals surface area contributed by atoms with Gasteiger partial charge >= 0.3 is 17.5 Å². The third kappa shape index (κ3) is 8.15. The quantitative estimate of drug-likeness (QED) is 0.364. The van der Waals surface area contributed by atoms with Gasteiger partial charge in [0.2, 0.25) is 0 Å². The molecule has 0 bridgehead atoms. The van der Waals surface area contributed by atoms with Crippen molar-refractivity contribution >= 4 is 17.5 Å². The highest BCUT2D eigenvalue weighted by Crippen LogP contribution is 2.23. The average Bonchev–Trinajstić information content (AvgIpc) is 1.57. The highest BCUT2D eigenvalue weighted by atomic mass is 28.4. The largest absolute Gasteiger partial charge is 0.421 e. The summed E-state index contributed by atoms with van der Waals surface area (Å²) in [5.41, 5.74) is 0. The lowest BCUT2D eigenvalue weighted by molar-refractivity contribution is 0.582. The van der Waals surface area contributed by atoms with Gasteiger partial charge in [0.15, 0.2) is 0 Å². The van der Waals surface area contributed by atoms with Crippen molar-refractivity contribution < 1.29 is 16.4 Å². The molecule has 0 aromatic heterocycles. The molecule has 0 radical (unpaired) electrons. The molecular formula is C4H10F4Si2. The van der Waals surface area contributed by atoms with Crippen molar-refractivity contribution in [2.24, 2.45) is 0 Å². The molecule has 10 heavy (non-hydrogen) atoms. The Balaban J connectivity index is 3.56. The molecule has 6 heteroatoms. The van der Waals surface area contributed by atoms with Gasteiger partial charge in [-0.2, -0.15) is 0 Å². The molecule has 0 atom stereocenters. The van der Waals surface area contributed by atoms with Gasteiger partial charge in [0.25, 0.3) is 0 Å². The van der Waals surface area contributed by atoms with E-state index < -0.39 is 29.6 Å². The fourth-order valence-electron chi connectivity index (χ4n) is 0.439. The van der Waals surface area contributed by atoms with E-state index in [1.807, 2.05) is 0 Å². The van der Waals surface area contributed by atoms with Gasteiger partial charge in [0.1, 0.15) is 0 Å². The standard InChI is InChI=1S/C4H10F4Si2/c1-9(5,6)3-4-10(2,7)8/h3-4H2,1-2H3. The normalized spacial score (nSPS) is 13.8. The predicted octanol–water partition coefficient (Wildman–Crippen LogP) is 3.01. The fourth-order valence-corrected chi connectivity index (χ4v) is 3.95. The maximum atomic E-state index is 12.1. The molecule has 0 saturated carbocycles. The topological polar surface area (TPSA) is 0 Å². The molecule has 0 spiro atoms. The molecule has 0 unspecified atom stereocenters. The van der Waals surface area contributed by atoms with Gasteiger partial charge in [0, 0.05) is 12.1 Å². The van der Waals surface area contributed by atoms with Gasteiger partial charge in [-0.25, -0.2) is 0 Å².